The third kappa shape index (κ3) is 5.98. The van der Waals surface area contributed by atoms with Crippen molar-refractivity contribution in [3.63, 3.8) is 0 Å². The monoisotopic (exact) mass is 660 g/mol. The van der Waals surface area contributed by atoms with Gasteiger partial charge in [0.15, 0.2) is 11.5 Å². The van der Waals surface area contributed by atoms with Gasteiger partial charge in [-0.2, -0.15) is 23.5 Å². The number of aliphatic hydroxyl groups is 1. The Morgan fingerprint density at radius 1 is 1.17 bits per heavy atom. The van der Waals surface area contributed by atoms with Crippen LogP contribution in [-0.4, -0.2) is 91.6 Å². The number of nitrogens with zero attached hydrogens (tertiary/aromatic N) is 6. The molecule has 3 aliphatic rings. The highest BCUT2D eigenvalue weighted by Crippen LogP contribution is 2.45. The average molecular weight is 661 g/mol. The summed E-state index contributed by atoms with van der Waals surface area (Å²) in [4.78, 5) is 44.2. The molecule has 5 N–H and O–H groups in total. The Morgan fingerprint density at radius 3 is 2.54 bits per heavy atom. The topological polar surface area (TPSA) is 182 Å². The fourth-order valence-electron chi connectivity index (χ4n) is 6.00. The molecule has 6 rings (SSSR count). The summed E-state index contributed by atoms with van der Waals surface area (Å²) in [6.07, 6.45) is -3.26. The number of carbonyl (C=O) groups is 3. The molecule has 46 heavy (non-hydrogen) atoms. The summed E-state index contributed by atoms with van der Waals surface area (Å²) < 4.78 is 42.9. The van der Waals surface area contributed by atoms with Crippen LogP contribution >= 0.6 is 11.6 Å². The van der Waals surface area contributed by atoms with Crippen molar-refractivity contribution in [3.05, 3.63) is 52.7 Å². The molecule has 14 nitrogen and oxygen atoms in total. The molecule has 2 saturated heterocycles. The molecule has 3 aromatic rings. The molecule has 0 bridgehead atoms. The standard InChI is InChI=1S/C28H28ClF3N10O4/c1-40-20(17-12-42(5-4-33)39-23(17)28(30,31)32)8-35-24(40)26(45)36-13-2-3-14(18(29)6-13)25(44)38-22-15-10-41(11-16(15)22)27(46)37-19-7-34-9-21(19)43/h2-3,6,8,12,15-16,19,21-22,34,43H,5,7,9-11H2,1H3,(H,36,45)(H,37,46)(H,38,44)/t15-,16+,19?,21?,22?. The highest BCUT2D eigenvalue weighted by molar-refractivity contribution is 6.34. The van der Waals surface area contributed by atoms with Crippen molar-refractivity contribution in [1.29, 1.82) is 5.26 Å². The molecule has 1 aliphatic carbocycles. The summed E-state index contributed by atoms with van der Waals surface area (Å²) in [5.41, 5.74) is -1.19. The molecule has 5 atom stereocenters. The molecule has 2 aromatic heterocycles. The van der Waals surface area contributed by atoms with E-state index in [4.69, 9.17) is 16.9 Å². The van der Waals surface area contributed by atoms with E-state index < -0.39 is 36.3 Å². The van der Waals surface area contributed by atoms with Crippen LogP contribution < -0.4 is 21.3 Å². The maximum atomic E-state index is 13.6. The SMILES string of the molecule is Cn1c(-c2cn(CC#N)nc2C(F)(F)F)cnc1C(=O)Nc1ccc(C(=O)NC2[C@H]3CN(C(=O)NC4CNCC4O)C[C@@H]23)c(Cl)c1. The van der Waals surface area contributed by atoms with E-state index in [9.17, 15) is 32.7 Å². The van der Waals surface area contributed by atoms with Crippen LogP contribution in [0, 0.1) is 23.2 Å². The molecule has 3 unspecified atom stereocenters. The largest absolute Gasteiger partial charge is 0.435 e. The maximum Gasteiger partial charge on any atom is 0.435 e. The number of amides is 4. The third-order valence-electron chi connectivity index (χ3n) is 8.47. The fourth-order valence-corrected chi connectivity index (χ4v) is 6.27. The summed E-state index contributed by atoms with van der Waals surface area (Å²) in [6.45, 7) is 1.49. The molecule has 1 saturated carbocycles. The molecule has 4 heterocycles. The summed E-state index contributed by atoms with van der Waals surface area (Å²) in [6, 6.07) is 5.31. The first-order valence-electron chi connectivity index (χ1n) is 14.3. The number of halogens is 4. The summed E-state index contributed by atoms with van der Waals surface area (Å²) in [5.74, 6) is -1.14. The molecule has 0 spiro atoms. The van der Waals surface area contributed by atoms with E-state index in [2.05, 4.69) is 31.3 Å². The van der Waals surface area contributed by atoms with Gasteiger partial charge in [-0.05, 0) is 18.2 Å². The van der Waals surface area contributed by atoms with E-state index in [-0.39, 0.29) is 63.3 Å². The summed E-state index contributed by atoms with van der Waals surface area (Å²) >= 11 is 6.38. The second-order valence-corrected chi connectivity index (χ2v) is 11.8. The van der Waals surface area contributed by atoms with E-state index in [1.54, 1.807) is 11.0 Å². The van der Waals surface area contributed by atoms with Crippen molar-refractivity contribution >= 4 is 35.1 Å². The number of aliphatic hydroxyl groups excluding tert-OH is 1. The number of nitriles is 1. The van der Waals surface area contributed by atoms with Crippen molar-refractivity contribution < 1.29 is 32.7 Å². The van der Waals surface area contributed by atoms with Crippen LogP contribution in [-0.2, 0) is 19.8 Å². The number of urea groups is 1. The second-order valence-electron chi connectivity index (χ2n) is 11.4. The molecule has 1 aromatic carbocycles. The molecule has 4 amide bonds. The van der Waals surface area contributed by atoms with Gasteiger partial charge in [0, 0.05) is 63.0 Å². The Hall–Kier alpha value is -4.66. The first kappa shape index (κ1) is 31.3. The average Bonchev–Trinajstić information content (AvgIpc) is 3.55. The van der Waals surface area contributed by atoms with E-state index in [0.29, 0.717) is 26.2 Å². The van der Waals surface area contributed by atoms with Gasteiger partial charge in [-0.15, -0.1) is 0 Å². The Morgan fingerprint density at radius 2 is 1.91 bits per heavy atom. The smallest absolute Gasteiger partial charge is 0.390 e. The zero-order chi connectivity index (χ0) is 32.9. The van der Waals surface area contributed by atoms with Gasteiger partial charge in [0.05, 0.1) is 46.3 Å². The number of alkyl halides is 3. The number of imidazole rings is 1. The van der Waals surface area contributed by atoms with E-state index >= 15 is 0 Å². The van der Waals surface area contributed by atoms with Gasteiger partial charge in [-0.25, -0.2) is 9.78 Å². The number of hydrogen-bond donors (Lipinski definition) is 5. The maximum absolute atomic E-state index is 13.6. The lowest BCUT2D eigenvalue weighted by molar-refractivity contribution is -0.141. The Bertz CT molecular complexity index is 1740. The number of likely N-dealkylation sites (tertiary alicyclic amines) is 1. The normalized spacial score (nSPS) is 23.5. The van der Waals surface area contributed by atoms with Gasteiger partial charge in [0.25, 0.3) is 11.8 Å². The molecule has 18 heteroatoms. The predicted molar refractivity (Wildman–Crippen MR) is 155 cm³/mol. The number of anilines is 1. The van der Waals surface area contributed by atoms with Crippen LogP contribution in [0.5, 0.6) is 0 Å². The summed E-state index contributed by atoms with van der Waals surface area (Å²) in [7, 11) is 1.37. The highest BCUT2D eigenvalue weighted by Gasteiger charge is 2.57. The summed E-state index contributed by atoms with van der Waals surface area (Å²) in [5, 5.41) is 33.7. The number of hydrogen-bond acceptors (Lipinski definition) is 8. The van der Waals surface area contributed by atoms with Gasteiger partial charge >= 0.3 is 12.2 Å². The highest BCUT2D eigenvalue weighted by atomic mass is 35.5. The Kier molecular flexibility index (Phi) is 8.12. The lowest BCUT2D eigenvalue weighted by atomic mass is 10.2. The van der Waals surface area contributed by atoms with Crippen LogP contribution in [0.4, 0.5) is 23.7 Å². The first-order valence-corrected chi connectivity index (χ1v) is 14.6. The van der Waals surface area contributed by atoms with Crippen molar-refractivity contribution in [2.45, 2.75) is 30.9 Å². The number of β-amino-alcohol motifs (C(OH)–C–C–N with tert-alkyl or cyclic N) is 1. The van der Waals surface area contributed by atoms with E-state index in [0.717, 1.165) is 17.1 Å². The number of fused-ring (bicyclic) bond motifs is 1. The van der Waals surface area contributed by atoms with Gasteiger partial charge in [-0.3, -0.25) is 14.3 Å². The van der Waals surface area contributed by atoms with Gasteiger partial charge in [0.1, 0.15) is 6.54 Å². The quantitative estimate of drug-likeness (QED) is 0.252. The Labute approximate surface area is 264 Å². The minimum atomic E-state index is -4.80. The lowest BCUT2D eigenvalue weighted by Crippen LogP contribution is -2.49. The van der Waals surface area contributed by atoms with Gasteiger partial charge in [0.2, 0.25) is 0 Å². The van der Waals surface area contributed by atoms with Gasteiger partial charge in [-0.1, -0.05) is 11.6 Å². The second kappa shape index (κ2) is 11.9. The van der Waals surface area contributed by atoms with Gasteiger partial charge < -0.3 is 35.8 Å². The molecular weight excluding hydrogens is 633 g/mol. The minimum absolute atomic E-state index is 0.0368. The number of rotatable bonds is 7. The van der Waals surface area contributed by atoms with E-state index in [1.165, 1.54) is 29.8 Å². The van der Waals surface area contributed by atoms with Crippen LogP contribution in [0.2, 0.25) is 5.02 Å². The van der Waals surface area contributed by atoms with E-state index in [1.807, 2.05) is 0 Å². The van der Waals surface area contributed by atoms with Crippen molar-refractivity contribution in [2.24, 2.45) is 18.9 Å². The lowest BCUT2D eigenvalue weighted by Gasteiger charge is -2.24. The molecular formula is C28H28ClF3N10O4. The zero-order valence-corrected chi connectivity index (χ0v) is 24.9. The number of carbonyl (C=O) groups excluding carboxylic acids is 3. The predicted octanol–water partition coefficient (Wildman–Crippen LogP) is 1.43. The minimum Gasteiger partial charge on any atom is -0.390 e. The molecule has 0 radical (unpaired) electrons. The first-order chi connectivity index (χ1) is 21.8. The molecule has 2 aliphatic heterocycles. The number of piperidine rings is 1. The van der Waals surface area contributed by atoms with Crippen LogP contribution in [0.3, 0.4) is 0 Å². The fraction of sp³-hybridized carbons (Fsp3) is 0.429. The number of nitrogens with one attached hydrogen (secondary N) is 4. The molecule has 3 fully saturated rings. The van der Waals surface area contributed by atoms with Crippen LogP contribution in [0.25, 0.3) is 11.3 Å². The zero-order valence-electron chi connectivity index (χ0n) is 24.2. The molecule has 242 valence electrons. The van der Waals surface area contributed by atoms with Crippen molar-refractivity contribution in [2.75, 3.05) is 31.5 Å². The Balaban J connectivity index is 1.06. The number of benzene rings is 1. The van der Waals surface area contributed by atoms with Crippen molar-refractivity contribution in [1.82, 2.24) is 40.2 Å². The van der Waals surface area contributed by atoms with Crippen LogP contribution in [0.1, 0.15) is 26.7 Å². The van der Waals surface area contributed by atoms with Crippen LogP contribution in [0.15, 0.2) is 30.6 Å². The number of aromatic nitrogens is 4. The third-order valence-corrected chi connectivity index (χ3v) is 8.78. The van der Waals surface area contributed by atoms with Crippen molar-refractivity contribution in [3.8, 4) is 17.3 Å².